The Morgan fingerprint density at radius 1 is 1.25 bits per heavy atom. The van der Waals surface area contributed by atoms with Crippen molar-refractivity contribution in [2.45, 2.75) is 26.7 Å². The fourth-order valence-electron chi connectivity index (χ4n) is 2.02. The molecular formula is C15H17ClFN3. The van der Waals surface area contributed by atoms with Crippen LogP contribution in [-0.4, -0.2) is 17.0 Å². The van der Waals surface area contributed by atoms with E-state index in [1.807, 2.05) is 6.92 Å². The highest BCUT2D eigenvalue weighted by Crippen LogP contribution is 2.29. The highest BCUT2D eigenvalue weighted by Gasteiger charge is 2.16. The molecule has 1 aromatic carbocycles. The Kier molecular flexibility index (Phi) is 4.55. The Hall–Kier alpha value is -1.68. The molecule has 20 heavy (non-hydrogen) atoms. The number of hydrogen-bond donors (Lipinski definition) is 0. The zero-order chi connectivity index (χ0) is 14.7. The Balaban J connectivity index is 2.48. The molecule has 0 unspecified atom stereocenters. The summed E-state index contributed by atoms with van der Waals surface area (Å²) < 4.78 is 13.9. The smallest absolute Gasteiger partial charge is 0.146 e. The number of aromatic nitrogens is 2. The second-order valence-corrected chi connectivity index (χ2v) is 5.00. The predicted octanol–water partition coefficient (Wildman–Crippen LogP) is 4.30. The van der Waals surface area contributed by atoms with Crippen molar-refractivity contribution in [3.05, 3.63) is 46.6 Å². The average molecular weight is 294 g/mol. The number of hydrogen-bond acceptors (Lipinski definition) is 3. The van der Waals surface area contributed by atoms with Crippen LogP contribution in [0.15, 0.2) is 24.3 Å². The fraction of sp³-hybridized carbons (Fsp3) is 0.333. The van der Waals surface area contributed by atoms with Gasteiger partial charge in [-0.25, -0.2) is 14.4 Å². The normalized spacial score (nSPS) is 10.7. The molecule has 0 N–H and O–H groups in total. The minimum Gasteiger partial charge on any atom is -0.327 e. The molecule has 2 aromatic rings. The van der Waals surface area contributed by atoms with Crippen molar-refractivity contribution < 1.29 is 4.39 Å². The van der Waals surface area contributed by atoms with E-state index in [0.29, 0.717) is 22.5 Å². The summed E-state index contributed by atoms with van der Waals surface area (Å²) in [7, 11) is 1.78. The van der Waals surface area contributed by atoms with Crippen LogP contribution in [-0.2, 0) is 6.42 Å². The summed E-state index contributed by atoms with van der Waals surface area (Å²) in [6.45, 7) is 3.89. The van der Waals surface area contributed by atoms with E-state index in [4.69, 9.17) is 11.6 Å². The Bertz CT molecular complexity index is 616. The first-order valence-electron chi connectivity index (χ1n) is 6.55. The lowest BCUT2D eigenvalue weighted by Gasteiger charge is -2.21. The van der Waals surface area contributed by atoms with Gasteiger partial charge in [-0.2, -0.15) is 0 Å². The van der Waals surface area contributed by atoms with Crippen molar-refractivity contribution in [3.63, 3.8) is 0 Å². The summed E-state index contributed by atoms with van der Waals surface area (Å²) in [6, 6.07) is 6.59. The van der Waals surface area contributed by atoms with Crippen LogP contribution in [0.25, 0.3) is 0 Å². The van der Waals surface area contributed by atoms with Crippen LogP contribution in [0.2, 0.25) is 5.15 Å². The highest BCUT2D eigenvalue weighted by molar-refractivity contribution is 6.30. The van der Waals surface area contributed by atoms with Crippen LogP contribution in [0.3, 0.4) is 0 Å². The topological polar surface area (TPSA) is 29.0 Å². The van der Waals surface area contributed by atoms with Gasteiger partial charge in [0, 0.05) is 19.0 Å². The van der Waals surface area contributed by atoms with Gasteiger partial charge in [0.15, 0.2) is 0 Å². The van der Waals surface area contributed by atoms with E-state index < -0.39 is 0 Å². The van der Waals surface area contributed by atoms with E-state index in [1.165, 1.54) is 6.07 Å². The lowest BCUT2D eigenvalue weighted by molar-refractivity contribution is 0.627. The van der Waals surface area contributed by atoms with Gasteiger partial charge < -0.3 is 4.90 Å². The fourth-order valence-corrected chi connectivity index (χ4v) is 2.20. The van der Waals surface area contributed by atoms with Crippen molar-refractivity contribution in [1.29, 1.82) is 0 Å². The molecule has 0 spiro atoms. The van der Waals surface area contributed by atoms with Crippen molar-refractivity contribution in [3.8, 4) is 0 Å². The molecule has 1 heterocycles. The first kappa shape index (κ1) is 14.7. The minimum absolute atomic E-state index is 0.291. The van der Waals surface area contributed by atoms with Gasteiger partial charge in [0.25, 0.3) is 0 Å². The molecule has 0 aliphatic rings. The van der Waals surface area contributed by atoms with Crippen LogP contribution >= 0.6 is 11.6 Å². The van der Waals surface area contributed by atoms with Crippen molar-refractivity contribution in [1.82, 2.24) is 9.97 Å². The second kappa shape index (κ2) is 6.18. The number of anilines is 2. The number of nitrogens with zero attached hydrogens (tertiary/aromatic N) is 3. The standard InChI is InChI=1S/C15H17ClFN3/c1-4-7-13-18-14(16)10(2)15(19-13)20(3)12-9-6-5-8-11(12)17/h5-6,8-9H,4,7H2,1-3H3. The van der Waals surface area contributed by atoms with Crippen LogP contribution in [0.4, 0.5) is 15.9 Å². The van der Waals surface area contributed by atoms with Gasteiger partial charge >= 0.3 is 0 Å². The number of rotatable bonds is 4. The molecule has 3 nitrogen and oxygen atoms in total. The van der Waals surface area contributed by atoms with Gasteiger partial charge in [0.2, 0.25) is 0 Å². The van der Waals surface area contributed by atoms with Crippen molar-refractivity contribution >= 4 is 23.1 Å². The maximum Gasteiger partial charge on any atom is 0.146 e. The SMILES string of the molecule is CCCc1nc(Cl)c(C)c(N(C)c2ccccc2F)n1. The number of aryl methyl sites for hydroxylation is 1. The van der Waals surface area contributed by atoms with Gasteiger partial charge in [0.05, 0.1) is 5.69 Å². The number of benzene rings is 1. The minimum atomic E-state index is -0.291. The first-order chi connectivity index (χ1) is 9.54. The molecule has 106 valence electrons. The molecule has 0 fully saturated rings. The van der Waals surface area contributed by atoms with E-state index in [-0.39, 0.29) is 5.82 Å². The first-order valence-corrected chi connectivity index (χ1v) is 6.93. The molecule has 2 rings (SSSR count). The van der Waals surface area contributed by atoms with Gasteiger partial charge in [0.1, 0.15) is 22.6 Å². The molecule has 0 bridgehead atoms. The second-order valence-electron chi connectivity index (χ2n) is 4.64. The van der Waals surface area contributed by atoms with Crippen LogP contribution in [0, 0.1) is 12.7 Å². The number of halogens is 2. The summed E-state index contributed by atoms with van der Waals surface area (Å²) in [6.07, 6.45) is 1.68. The van der Waals surface area contributed by atoms with Crippen LogP contribution in [0.5, 0.6) is 0 Å². The molecule has 5 heteroatoms. The summed E-state index contributed by atoms with van der Waals surface area (Å²) in [5.74, 6) is 1.03. The third-order valence-corrected chi connectivity index (χ3v) is 3.48. The quantitative estimate of drug-likeness (QED) is 0.787. The monoisotopic (exact) mass is 293 g/mol. The van der Waals surface area contributed by atoms with E-state index in [0.717, 1.165) is 18.4 Å². The Labute approximate surface area is 123 Å². The van der Waals surface area contributed by atoms with E-state index in [9.17, 15) is 4.39 Å². The zero-order valence-corrected chi connectivity index (χ0v) is 12.6. The summed E-state index contributed by atoms with van der Waals surface area (Å²) in [4.78, 5) is 10.5. The van der Waals surface area contributed by atoms with Gasteiger partial charge in [-0.05, 0) is 25.5 Å². The molecule has 0 amide bonds. The van der Waals surface area contributed by atoms with Gasteiger partial charge in [-0.3, -0.25) is 0 Å². The third-order valence-electron chi connectivity index (χ3n) is 3.11. The molecule has 0 saturated carbocycles. The van der Waals surface area contributed by atoms with Crippen molar-refractivity contribution in [2.24, 2.45) is 0 Å². The maximum absolute atomic E-state index is 13.9. The Morgan fingerprint density at radius 3 is 2.60 bits per heavy atom. The largest absolute Gasteiger partial charge is 0.327 e. The summed E-state index contributed by atoms with van der Waals surface area (Å²) in [5, 5.41) is 0.418. The lowest BCUT2D eigenvalue weighted by Crippen LogP contribution is -2.16. The van der Waals surface area contributed by atoms with E-state index in [1.54, 1.807) is 30.1 Å². The number of para-hydroxylation sites is 1. The average Bonchev–Trinajstić information content (AvgIpc) is 2.43. The lowest BCUT2D eigenvalue weighted by atomic mass is 10.2. The predicted molar refractivity (Wildman–Crippen MR) is 80.2 cm³/mol. The molecule has 0 aliphatic heterocycles. The van der Waals surface area contributed by atoms with E-state index >= 15 is 0 Å². The summed E-state index contributed by atoms with van der Waals surface area (Å²) in [5.41, 5.74) is 1.21. The molecule has 0 radical (unpaired) electrons. The molecule has 0 aliphatic carbocycles. The van der Waals surface area contributed by atoms with Gasteiger partial charge in [-0.15, -0.1) is 0 Å². The molecule has 1 aromatic heterocycles. The molecular weight excluding hydrogens is 277 g/mol. The molecule has 0 saturated heterocycles. The maximum atomic E-state index is 13.9. The molecule has 0 atom stereocenters. The van der Waals surface area contributed by atoms with Crippen LogP contribution in [0.1, 0.15) is 24.7 Å². The Morgan fingerprint density at radius 2 is 1.95 bits per heavy atom. The van der Waals surface area contributed by atoms with Crippen LogP contribution < -0.4 is 4.90 Å². The highest BCUT2D eigenvalue weighted by atomic mass is 35.5. The van der Waals surface area contributed by atoms with Gasteiger partial charge in [-0.1, -0.05) is 30.7 Å². The summed E-state index contributed by atoms with van der Waals surface area (Å²) >= 11 is 6.15. The van der Waals surface area contributed by atoms with E-state index in [2.05, 4.69) is 16.9 Å². The van der Waals surface area contributed by atoms with Crippen molar-refractivity contribution in [2.75, 3.05) is 11.9 Å². The zero-order valence-electron chi connectivity index (χ0n) is 11.8. The third kappa shape index (κ3) is 2.90.